The van der Waals surface area contributed by atoms with Gasteiger partial charge in [0.05, 0.1) is 0 Å². The van der Waals surface area contributed by atoms with Crippen molar-refractivity contribution in [2.45, 2.75) is 57.3 Å². The van der Waals surface area contributed by atoms with Crippen LogP contribution in [0.1, 0.15) is 51.5 Å². The van der Waals surface area contributed by atoms with Crippen LogP contribution in [0.2, 0.25) is 0 Å². The topological polar surface area (TPSA) is 25.8 Å². The lowest BCUT2D eigenvalue weighted by Crippen LogP contribution is -1.92. The summed E-state index contributed by atoms with van der Waals surface area (Å²) in [5.74, 6) is 2.03. The van der Waals surface area contributed by atoms with E-state index in [1.54, 1.807) is 0 Å². The lowest BCUT2D eigenvalue weighted by Gasteiger charge is -2.04. The van der Waals surface area contributed by atoms with E-state index in [0.717, 1.165) is 17.8 Å². The van der Waals surface area contributed by atoms with Crippen LogP contribution in [0.3, 0.4) is 0 Å². The first-order chi connectivity index (χ1) is 10.8. The Morgan fingerprint density at radius 3 is 2.18 bits per heavy atom. The Morgan fingerprint density at radius 2 is 1.55 bits per heavy atom. The Balaban J connectivity index is 1.92. The molecule has 1 heterocycles. The van der Waals surface area contributed by atoms with Crippen LogP contribution in [-0.2, 0) is 6.42 Å². The van der Waals surface area contributed by atoms with Gasteiger partial charge in [-0.2, -0.15) is 0 Å². The van der Waals surface area contributed by atoms with Gasteiger partial charge in [-0.15, -0.1) is 11.8 Å². The number of aromatic nitrogens is 2. The van der Waals surface area contributed by atoms with E-state index in [1.807, 2.05) is 24.2 Å². The molecule has 118 valence electrons. The Hall–Kier alpha value is -1.35. The summed E-state index contributed by atoms with van der Waals surface area (Å²) < 4.78 is 0. The van der Waals surface area contributed by atoms with E-state index in [0.29, 0.717) is 0 Å². The van der Waals surface area contributed by atoms with E-state index in [9.17, 15) is 0 Å². The first-order valence-corrected chi connectivity index (χ1v) is 9.36. The van der Waals surface area contributed by atoms with Crippen molar-refractivity contribution in [2.75, 3.05) is 5.75 Å². The molecule has 3 heteroatoms. The molecule has 0 aliphatic rings. The molecule has 1 aromatic heterocycles. The Morgan fingerprint density at radius 1 is 0.864 bits per heavy atom. The summed E-state index contributed by atoms with van der Waals surface area (Å²) in [6.07, 6.45) is 11.3. The predicted octanol–water partition coefficient (Wildman–Crippen LogP) is 5.77. The van der Waals surface area contributed by atoms with Gasteiger partial charge in [-0.05, 0) is 42.7 Å². The minimum atomic E-state index is 0.822. The Kier molecular flexibility index (Phi) is 7.44. The van der Waals surface area contributed by atoms with Gasteiger partial charge in [-0.1, -0.05) is 45.2 Å². The summed E-state index contributed by atoms with van der Waals surface area (Å²) in [6, 6.07) is 8.62. The highest BCUT2D eigenvalue weighted by Crippen LogP contribution is 2.23. The molecule has 0 atom stereocenters. The van der Waals surface area contributed by atoms with E-state index in [4.69, 9.17) is 0 Å². The smallest absolute Gasteiger partial charge is 0.159 e. The Labute approximate surface area is 138 Å². The van der Waals surface area contributed by atoms with Crippen molar-refractivity contribution in [1.29, 1.82) is 0 Å². The van der Waals surface area contributed by atoms with Crippen LogP contribution in [0.25, 0.3) is 11.4 Å². The van der Waals surface area contributed by atoms with E-state index in [2.05, 4.69) is 48.1 Å². The maximum atomic E-state index is 4.50. The molecule has 0 saturated heterocycles. The van der Waals surface area contributed by atoms with Crippen molar-refractivity contribution < 1.29 is 0 Å². The van der Waals surface area contributed by atoms with Crippen LogP contribution >= 0.6 is 11.8 Å². The third kappa shape index (κ3) is 5.45. The first-order valence-electron chi connectivity index (χ1n) is 8.37. The lowest BCUT2D eigenvalue weighted by atomic mass is 10.1. The molecule has 1 aromatic carbocycles. The number of rotatable bonds is 9. The summed E-state index contributed by atoms with van der Waals surface area (Å²) in [6.45, 7) is 4.45. The van der Waals surface area contributed by atoms with E-state index < -0.39 is 0 Å². The molecule has 0 radical (unpaired) electrons. The van der Waals surface area contributed by atoms with E-state index in [1.165, 1.54) is 48.3 Å². The molecule has 0 aliphatic carbocycles. The van der Waals surface area contributed by atoms with Crippen LogP contribution in [0.5, 0.6) is 0 Å². The average molecular weight is 314 g/mol. The predicted molar refractivity (Wildman–Crippen MR) is 96.3 cm³/mol. The van der Waals surface area contributed by atoms with Gasteiger partial charge in [0.1, 0.15) is 0 Å². The fourth-order valence-corrected chi connectivity index (χ4v) is 3.17. The number of thioether (sulfide) groups is 1. The maximum absolute atomic E-state index is 4.50. The third-order valence-electron chi connectivity index (χ3n) is 3.65. The molecular formula is C19H26N2S. The first kappa shape index (κ1) is 17.0. The van der Waals surface area contributed by atoms with E-state index in [-0.39, 0.29) is 0 Å². The van der Waals surface area contributed by atoms with Crippen molar-refractivity contribution in [3.05, 3.63) is 42.2 Å². The molecule has 0 bridgehead atoms. The number of aryl methyl sites for hydroxylation is 1. The van der Waals surface area contributed by atoms with Crippen LogP contribution in [0.15, 0.2) is 41.6 Å². The zero-order valence-corrected chi connectivity index (χ0v) is 14.5. The highest BCUT2D eigenvalue weighted by atomic mass is 32.2. The number of hydrogen-bond acceptors (Lipinski definition) is 3. The zero-order chi connectivity index (χ0) is 15.6. The Bertz CT molecular complexity index is 534. The standard InChI is InChI=1S/C19H26N2S/c1-3-5-7-13-22-18-11-9-17(10-12-18)19-20-14-16(15-21-19)8-6-4-2/h9-12,14-15H,3-8,13H2,1-2H3. The zero-order valence-electron chi connectivity index (χ0n) is 13.7. The van der Waals surface area contributed by atoms with Gasteiger partial charge in [0.15, 0.2) is 5.82 Å². The molecular weight excluding hydrogens is 288 g/mol. The second-order valence-electron chi connectivity index (χ2n) is 5.60. The fraction of sp³-hybridized carbons (Fsp3) is 0.474. The fourth-order valence-electron chi connectivity index (χ4n) is 2.26. The average Bonchev–Trinajstić information content (AvgIpc) is 2.58. The molecule has 0 aliphatic heterocycles. The molecule has 2 rings (SSSR count). The van der Waals surface area contributed by atoms with Crippen LogP contribution in [0, 0.1) is 0 Å². The van der Waals surface area contributed by atoms with Crippen LogP contribution in [-0.4, -0.2) is 15.7 Å². The van der Waals surface area contributed by atoms with Crippen molar-refractivity contribution >= 4 is 11.8 Å². The van der Waals surface area contributed by atoms with Crippen molar-refractivity contribution in [3.63, 3.8) is 0 Å². The largest absolute Gasteiger partial charge is 0.236 e. The normalized spacial score (nSPS) is 10.8. The SMILES string of the molecule is CCCCCSc1ccc(-c2ncc(CCCC)cn2)cc1. The monoisotopic (exact) mass is 314 g/mol. The van der Waals surface area contributed by atoms with Crippen molar-refractivity contribution in [3.8, 4) is 11.4 Å². The van der Waals surface area contributed by atoms with Gasteiger partial charge in [0.25, 0.3) is 0 Å². The summed E-state index contributed by atoms with van der Waals surface area (Å²) in [5, 5.41) is 0. The van der Waals surface area contributed by atoms with Crippen LogP contribution in [0.4, 0.5) is 0 Å². The molecule has 2 aromatic rings. The number of nitrogens with zero attached hydrogens (tertiary/aromatic N) is 2. The van der Waals surface area contributed by atoms with Gasteiger partial charge in [0.2, 0.25) is 0 Å². The number of unbranched alkanes of at least 4 members (excludes halogenated alkanes) is 3. The summed E-state index contributed by atoms with van der Waals surface area (Å²) in [5.41, 5.74) is 2.33. The number of hydrogen-bond donors (Lipinski definition) is 0. The van der Waals surface area contributed by atoms with E-state index >= 15 is 0 Å². The van der Waals surface area contributed by atoms with Gasteiger partial charge >= 0.3 is 0 Å². The van der Waals surface area contributed by atoms with Crippen molar-refractivity contribution in [2.24, 2.45) is 0 Å². The number of benzene rings is 1. The molecule has 0 spiro atoms. The maximum Gasteiger partial charge on any atom is 0.159 e. The lowest BCUT2D eigenvalue weighted by molar-refractivity contribution is 0.778. The highest BCUT2D eigenvalue weighted by Gasteiger charge is 2.02. The second-order valence-corrected chi connectivity index (χ2v) is 6.77. The molecule has 0 amide bonds. The molecule has 2 nitrogen and oxygen atoms in total. The molecule has 0 N–H and O–H groups in total. The molecule has 0 fully saturated rings. The van der Waals surface area contributed by atoms with Gasteiger partial charge in [-0.25, -0.2) is 9.97 Å². The van der Waals surface area contributed by atoms with Crippen molar-refractivity contribution in [1.82, 2.24) is 9.97 Å². The molecule has 0 unspecified atom stereocenters. The second kappa shape index (κ2) is 9.62. The van der Waals surface area contributed by atoms with Crippen LogP contribution < -0.4 is 0 Å². The molecule has 0 saturated carbocycles. The third-order valence-corrected chi connectivity index (χ3v) is 4.75. The minimum absolute atomic E-state index is 0.822. The van der Waals surface area contributed by atoms with Gasteiger partial charge in [-0.3, -0.25) is 0 Å². The summed E-state index contributed by atoms with van der Waals surface area (Å²) in [4.78, 5) is 10.3. The minimum Gasteiger partial charge on any atom is -0.236 e. The van der Waals surface area contributed by atoms with Gasteiger partial charge in [0, 0.05) is 22.9 Å². The summed E-state index contributed by atoms with van der Waals surface area (Å²) in [7, 11) is 0. The van der Waals surface area contributed by atoms with Gasteiger partial charge < -0.3 is 0 Å². The molecule has 22 heavy (non-hydrogen) atoms. The quantitative estimate of drug-likeness (QED) is 0.434. The highest BCUT2D eigenvalue weighted by molar-refractivity contribution is 7.99. The summed E-state index contributed by atoms with van der Waals surface area (Å²) >= 11 is 1.93.